The van der Waals surface area contributed by atoms with Crippen molar-refractivity contribution >= 4 is 38.1 Å². The summed E-state index contributed by atoms with van der Waals surface area (Å²) in [7, 11) is 0. The van der Waals surface area contributed by atoms with E-state index in [1.807, 2.05) is 42.5 Å². The Labute approximate surface area is 227 Å². The third-order valence-corrected chi connectivity index (χ3v) is 6.91. The Morgan fingerprint density at radius 2 is 1.70 bits per heavy atom. The van der Waals surface area contributed by atoms with Crippen LogP contribution in [-0.4, -0.2) is 9.38 Å². The molecule has 0 aliphatic heterocycles. The first-order chi connectivity index (χ1) is 21.0. The molecule has 0 radical (unpaired) electrons. The predicted octanol–water partition coefficient (Wildman–Crippen LogP) is 9.36. The Bertz CT molecular complexity index is 2250. The molecule has 4 heterocycles. The molecule has 0 bridgehead atoms. The predicted molar refractivity (Wildman–Crippen MR) is 155 cm³/mol. The average Bonchev–Trinajstić information content (AvgIpc) is 3.69. The number of hydrogen-bond acceptors (Lipinski definition) is 2. The van der Waals surface area contributed by atoms with E-state index in [9.17, 15) is 0 Å². The van der Waals surface area contributed by atoms with Crippen molar-refractivity contribution in [2.45, 2.75) is 40.8 Å². The molecule has 0 N–H and O–H groups in total. The molecule has 0 saturated carbocycles. The molecule has 0 aliphatic rings. The SMILES string of the molecule is [2H]C([2H])([2H])c1cnc(-c2cc3c4ccccc4n4c5cc(-c6ccco6)cc(C([2H])([2H])[2H])c5c(c2)c34)cc1C([2H])([2H])C(C)(C)C. The zero-order chi connectivity index (χ0) is 32.3. The Morgan fingerprint density at radius 1 is 0.865 bits per heavy atom. The highest BCUT2D eigenvalue weighted by Crippen LogP contribution is 2.43. The van der Waals surface area contributed by atoms with Gasteiger partial charge in [-0.1, -0.05) is 39.0 Å². The quantitative estimate of drug-likeness (QED) is 0.247. The van der Waals surface area contributed by atoms with E-state index in [0.717, 1.165) is 27.3 Å². The van der Waals surface area contributed by atoms with Crippen LogP contribution in [0.1, 0.15) is 48.4 Å². The van der Waals surface area contributed by atoms with E-state index >= 15 is 0 Å². The number of para-hydroxylation sites is 1. The highest BCUT2D eigenvalue weighted by molar-refractivity contribution is 6.25. The summed E-state index contributed by atoms with van der Waals surface area (Å²) >= 11 is 0. The summed E-state index contributed by atoms with van der Waals surface area (Å²) < 4.78 is 75.6. The first-order valence-electron chi connectivity index (χ1n) is 16.3. The van der Waals surface area contributed by atoms with Gasteiger partial charge in [-0.3, -0.25) is 4.98 Å². The van der Waals surface area contributed by atoms with Gasteiger partial charge in [0.15, 0.2) is 0 Å². The average molecular weight is 491 g/mol. The lowest BCUT2D eigenvalue weighted by Crippen LogP contribution is -2.10. The van der Waals surface area contributed by atoms with Crippen molar-refractivity contribution in [3.05, 3.63) is 95.9 Å². The first-order valence-corrected chi connectivity index (χ1v) is 12.3. The summed E-state index contributed by atoms with van der Waals surface area (Å²) in [4.78, 5) is 4.55. The number of aryl methyl sites for hydroxylation is 2. The third kappa shape index (κ3) is 3.37. The highest BCUT2D eigenvalue weighted by Gasteiger charge is 2.22. The van der Waals surface area contributed by atoms with Crippen LogP contribution in [0.3, 0.4) is 0 Å². The van der Waals surface area contributed by atoms with Gasteiger partial charge < -0.3 is 8.82 Å². The lowest BCUT2D eigenvalue weighted by Gasteiger charge is -2.20. The van der Waals surface area contributed by atoms with E-state index in [0.29, 0.717) is 33.4 Å². The monoisotopic (exact) mass is 490 g/mol. The Hall–Kier alpha value is -4.11. The van der Waals surface area contributed by atoms with E-state index in [1.54, 1.807) is 51.3 Å². The number of nitrogens with zero attached hydrogens (tertiary/aromatic N) is 2. The van der Waals surface area contributed by atoms with Crippen molar-refractivity contribution in [3.63, 3.8) is 0 Å². The number of benzene rings is 3. The highest BCUT2D eigenvalue weighted by atomic mass is 16.3. The van der Waals surface area contributed by atoms with Crippen LogP contribution >= 0.6 is 0 Å². The first kappa shape index (κ1) is 15.2. The minimum atomic E-state index is -2.57. The minimum Gasteiger partial charge on any atom is -0.464 e. The molecule has 4 aromatic heterocycles. The fourth-order valence-corrected chi connectivity index (χ4v) is 5.48. The second-order valence-electron chi connectivity index (χ2n) is 10.7. The van der Waals surface area contributed by atoms with Gasteiger partial charge in [-0.05, 0) is 90.7 Å². The molecular formula is C34H30N2O. The lowest BCUT2D eigenvalue weighted by molar-refractivity contribution is 0.410. The van der Waals surface area contributed by atoms with Gasteiger partial charge in [0.25, 0.3) is 0 Å². The summed E-state index contributed by atoms with van der Waals surface area (Å²) in [6, 6.07) is 20.5. The largest absolute Gasteiger partial charge is 0.464 e. The van der Waals surface area contributed by atoms with Crippen molar-refractivity contribution in [2.24, 2.45) is 5.41 Å². The second kappa shape index (κ2) is 7.69. The summed E-state index contributed by atoms with van der Waals surface area (Å²) in [5.74, 6) is 0.562. The maximum Gasteiger partial charge on any atom is 0.133 e. The minimum absolute atomic E-state index is 0.0608. The molecule has 0 saturated heterocycles. The van der Waals surface area contributed by atoms with Crippen LogP contribution in [0.2, 0.25) is 0 Å². The second-order valence-corrected chi connectivity index (χ2v) is 10.7. The molecule has 3 aromatic carbocycles. The van der Waals surface area contributed by atoms with Gasteiger partial charge >= 0.3 is 0 Å². The number of aromatic nitrogens is 2. The molecule has 0 amide bonds. The fourth-order valence-electron chi connectivity index (χ4n) is 5.48. The van der Waals surface area contributed by atoms with Crippen LogP contribution in [0, 0.1) is 19.1 Å². The number of hydrogen-bond donors (Lipinski definition) is 0. The molecule has 0 unspecified atom stereocenters. The van der Waals surface area contributed by atoms with Crippen LogP contribution in [0.4, 0.5) is 0 Å². The van der Waals surface area contributed by atoms with Crippen LogP contribution in [0.15, 0.2) is 83.6 Å². The zero-order valence-corrected chi connectivity index (χ0v) is 20.8. The van der Waals surface area contributed by atoms with Crippen LogP contribution in [-0.2, 0) is 6.37 Å². The molecule has 182 valence electrons. The summed E-state index contributed by atoms with van der Waals surface area (Å²) in [5.41, 5.74) is 3.39. The van der Waals surface area contributed by atoms with Crippen molar-refractivity contribution in [1.82, 2.24) is 9.38 Å². The van der Waals surface area contributed by atoms with Crippen molar-refractivity contribution in [3.8, 4) is 22.6 Å². The molecular weight excluding hydrogens is 452 g/mol. The van der Waals surface area contributed by atoms with Gasteiger partial charge in [0.2, 0.25) is 0 Å². The molecule has 7 rings (SSSR count). The lowest BCUT2D eigenvalue weighted by atomic mass is 9.86. The van der Waals surface area contributed by atoms with E-state index in [2.05, 4.69) is 9.38 Å². The molecule has 7 aromatic rings. The molecule has 0 fully saturated rings. The van der Waals surface area contributed by atoms with Gasteiger partial charge in [-0.25, -0.2) is 0 Å². The van der Waals surface area contributed by atoms with E-state index < -0.39 is 25.5 Å². The van der Waals surface area contributed by atoms with E-state index in [-0.39, 0.29) is 16.7 Å². The van der Waals surface area contributed by atoms with E-state index in [1.165, 1.54) is 6.20 Å². The van der Waals surface area contributed by atoms with Crippen LogP contribution < -0.4 is 0 Å². The topological polar surface area (TPSA) is 30.4 Å². The van der Waals surface area contributed by atoms with E-state index in [4.69, 9.17) is 15.4 Å². The number of rotatable bonds is 3. The molecule has 0 atom stereocenters. The zero-order valence-electron chi connectivity index (χ0n) is 28.8. The molecule has 3 nitrogen and oxygen atoms in total. The van der Waals surface area contributed by atoms with Crippen molar-refractivity contribution in [1.29, 1.82) is 0 Å². The maximum absolute atomic E-state index is 8.99. The summed E-state index contributed by atoms with van der Waals surface area (Å²) in [5, 5.41) is 3.15. The fraction of sp³-hybridized carbons (Fsp3) is 0.206. The van der Waals surface area contributed by atoms with Gasteiger partial charge in [-0.2, -0.15) is 0 Å². The smallest absolute Gasteiger partial charge is 0.133 e. The maximum atomic E-state index is 8.99. The summed E-state index contributed by atoms with van der Waals surface area (Å²) in [6.45, 7) is 0.209. The van der Waals surface area contributed by atoms with Crippen LogP contribution in [0.5, 0.6) is 0 Å². The van der Waals surface area contributed by atoms with Crippen LogP contribution in [0.25, 0.3) is 60.7 Å². The molecule has 37 heavy (non-hydrogen) atoms. The number of furan rings is 1. The Kier molecular flexibility index (Phi) is 3.16. The standard InChI is InChI=1S/C34H30N2O/c1-20-13-23(31-11-8-12-37-31)17-30-32(20)27-15-22(28-16-24(18-34(3,4)5)21(2)19-35-28)14-26-25-9-6-7-10-29(25)36(30)33(26)27/h6-17,19H,18H2,1-5H3/i1D3,2D3,18D2. The van der Waals surface area contributed by atoms with Gasteiger partial charge in [0.05, 0.1) is 28.5 Å². The van der Waals surface area contributed by atoms with Crippen molar-refractivity contribution in [2.75, 3.05) is 0 Å². The molecule has 0 aliphatic carbocycles. The summed E-state index contributed by atoms with van der Waals surface area (Å²) in [6.07, 6.45) is 0.822. The number of pyridine rings is 1. The van der Waals surface area contributed by atoms with Gasteiger partial charge in [-0.15, -0.1) is 0 Å². The molecule has 0 spiro atoms. The third-order valence-electron chi connectivity index (χ3n) is 6.91. The normalized spacial score (nSPS) is 16.8. The van der Waals surface area contributed by atoms with Gasteiger partial charge in [0.1, 0.15) is 5.76 Å². The Balaban J connectivity index is 1.62. The van der Waals surface area contributed by atoms with Crippen molar-refractivity contribution < 1.29 is 15.4 Å². The number of fused-ring (bicyclic) bond motifs is 6. The van der Waals surface area contributed by atoms with Gasteiger partial charge in [0, 0.05) is 49.8 Å². The Morgan fingerprint density at radius 3 is 2.49 bits per heavy atom. The molecule has 3 heteroatoms.